The molecule has 17 heavy (non-hydrogen) atoms. The van der Waals surface area contributed by atoms with Gasteiger partial charge in [0.1, 0.15) is 11.8 Å². The lowest BCUT2D eigenvalue weighted by atomic mass is 10.2. The smallest absolute Gasteiger partial charge is 0.242 e. The largest absolute Gasteiger partial charge is 0.383 e. The number of carbonyl (C=O) groups is 3. The third-order valence-electron chi connectivity index (χ3n) is 2.08. The van der Waals surface area contributed by atoms with Crippen molar-refractivity contribution in [1.29, 1.82) is 0 Å². The minimum absolute atomic E-state index is 0.0441. The number of amides is 2. The molecule has 0 aromatic heterocycles. The number of carbonyl (C=O) groups excluding carboxylic acids is 3. The molecule has 0 saturated heterocycles. The number of rotatable bonds is 8. The monoisotopic (exact) mass is 244 g/mol. The lowest BCUT2D eigenvalue weighted by Crippen LogP contribution is -2.45. The molecule has 0 aliphatic heterocycles. The number of Topliss-reactive ketones (excluding diaryl/α,β-unsaturated/α-hetero) is 1. The molecule has 98 valence electrons. The Bertz CT molecular complexity index is 279. The first-order valence-electron chi connectivity index (χ1n) is 5.52. The molecular formula is C11H20N2O4. The second kappa shape index (κ2) is 8.69. The van der Waals surface area contributed by atoms with Crippen LogP contribution in [0.25, 0.3) is 0 Å². The van der Waals surface area contributed by atoms with E-state index in [-0.39, 0.29) is 30.4 Å². The van der Waals surface area contributed by atoms with Gasteiger partial charge in [0, 0.05) is 26.5 Å². The lowest BCUT2D eigenvalue weighted by Gasteiger charge is -2.13. The predicted octanol–water partition coefficient (Wildman–Crippen LogP) is -0.377. The first kappa shape index (κ1) is 15.6. The number of ether oxygens (including phenoxy) is 1. The summed E-state index contributed by atoms with van der Waals surface area (Å²) in [4.78, 5) is 33.4. The van der Waals surface area contributed by atoms with E-state index in [9.17, 15) is 14.4 Å². The normalized spacial score (nSPS) is 11.7. The topological polar surface area (TPSA) is 84.5 Å². The summed E-state index contributed by atoms with van der Waals surface area (Å²) in [5.74, 6) is -0.606. The highest BCUT2D eigenvalue weighted by atomic mass is 16.5. The average Bonchev–Trinajstić information content (AvgIpc) is 2.26. The van der Waals surface area contributed by atoms with Crippen molar-refractivity contribution >= 4 is 17.6 Å². The molecule has 0 aliphatic carbocycles. The molecule has 0 fully saturated rings. The summed E-state index contributed by atoms with van der Waals surface area (Å²) >= 11 is 0. The summed E-state index contributed by atoms with van der Waals surface area (Å²) in [5, 5.41) is 5.13. The predicted molar refractivity (Wildman–Crippen MR) is 62.4 cm³/mol. The standard InChI is InChI=1S/C11H20N2O4/c1-8(14)4-5-10(15)13-9(2)11(16)12-6-7-17-3/h9H,4-7H2,1-3H3,(H,12,16)(H,13,15). The van der Waals surface area contributed by atoms with Gasteiger partial charge in [-0.05, 0) is 13.8 Å². The van der Waals surface area contributed by atoms with Crippen LogP contribution in [0.1, 0.15) is 26.7 Å². The summed E-state index contributed by atoms with van der Waals surface area (Å²) in [5.41, 5.74) is 0. The molecule has 6 nitrogen and oxygen atoms in total. The quantitative estimate of drug-likeness (QED) is 0.570. The summed E-state index contributed by atoms with van der Waals surface area (Å²) < 4.78 is 4.78. The van der Waals surface area contributed by atoms with Crippen molar-refractivity contribution in [2.75, 3.05) is 20.3 Å². The number of hydrogen-bond donors (Lipinski definition) is 2. The van der Waals surface area contributed by atoms with Crippen LogP contribution in [-0.2, 0) is 19.1 Å². The van der Waals surface area contributed by atoms with Gasteiger partial charge in [-0.1, -0.05) is 0 Å². The van der Waals surface area contributed by atoms with E-state index in [0.29, 0.717) is 13.2 Å². The van der Waals surface area contributed by atoms with Gasteiger partial charge in [0.2, 0.25) is 11.8 Å². The summed E-state index contributed by atoms with van der Waals surface area (Å²) in [6, 6.07) is -0.605. The molecule has 0 bridgehead atoms. The average molecular weight is 244 g/mol. The van der Waals surface area contributed by atoms with Crippen LogP contribution in [-0.4, -0.2) is 43.9 Å². The van der Waals surface area contributed by atoms with Crippen molar-refractivity contribution < 1.29 is 19.1 Å². The van der Waals surface area contributed by atoms with Gasteiger partial charge in [0.05, 0.1) is 6.61 Å². The van der Waals surface area contributed by atoms with Gasteiger partial charge in [0.25, 0.3) is 0 Å². The number of methoxy groups -OCH3 is 1. The molecule has 0 aliphatic rings. The van der Waals surface area contributed by atoms with Crippen molar-refractivity contribution in [3.63, 3.8) is 0 Å². The van der Waals surface area contributed by atoms with Crippen LogP contribution >= 0.6 is 0 Å². The lowest BCUT2D eigenvalue weighted by molar-refractivity contribution is -0.129. The summed E-state index contributed by atoms with van der Waals surface area (Å²) in [6.07, 6.45) is 0.314. The van der Waals surface area contributed by atoms with Gasteiger partial charge in [-0.15, -0.1) is 0 Å². The molecule has 0 spiro atoms. The molecule has 1 atom stereocenters. The van der Waals surface area contributed by atoms with Gasteiger partial charge >= 0.3 is 0 Å². The maximum absolute atomic E-state index is 11.4. The van der Waals surface area contributed by atoms with Gasteiger partial charge in [-0.25, -0.2) is 0 Å². The third kappa shape index (κ3) is 8.38. The molecule has 6 heteroatoms. The maximum atomic E-state index is 11.4. The number of hydrogen-bond acceptors (Lipinski definition) is 4. The molecule has 0 radical (unpaired) electrons. The van der Waals surface area contributed by atoms with E-state index in [4.69, 9.17) is 4.74 Å². The van der Waals surface area contributed by atoms with Gasteiger partial charge < -0.3 is 20.2 Å². The van der Waals surface area contributed by atoms with E-state index in [1.165, 1.54) is 6.92 Å². The van der Waals surface area contributed by atoms with Crippen LogP contribution in [0.15, 0.2) is 0 Å². The zero-order chi connectivity index (χ0) is 13.3. The van der Waals surface area contributed by atoms with Crippen molar-refractivity contribution in [2.24, 2.45) is 0 Å². The fourth-order valence-electron chi connectivity index (χ4n) is 1.10. The van der Waals surface area contributed by atoms with Crippen molar-refractivity contribution in [3.05, 3.63) is 0 Å². The van der Waals surface area contributed by atoms with Crippen LogP contribution in [0, 0.1) is 0 Å². The molecule has 1 unspecified atom stereocenters. The van der Waals surface area contributed by atoms with Crippen molar-refractivity contribution in [2.45, 2.75) is 32.7 Å². The maximum Gasteiger partial charge on any atom is 0.242 e. The highest BCUT2D eigenvalue weighted by Gasteiger charge is 2.14. The fraction of sp³-hybridized carbons (Fsp3) is 0.727. The summed E-state index contributed by atoms with van der Waals surface area (Å²) in [7, 11) is 1.54. The SMILES string of the molecule is COCCNC(=O)C(C)NC(=O)CCC(C)=O. The zero-order valence-corrected chi connectivity index (χ0v) is 10.5. The first-order valence-corrected chi connectivity index (χ1v) is 5.52. The molecule has 0 aromatic rings. The highest BCUT2D eigenvalue weighted by molar-refractivity contribution is 5.89. The van der Waals surface area contributed by atoms with Gasteiger partial charge in [0.15, 0.2) is 0 Å². The molecular weight excluding hydrogens is 224 g/mol. The second-order valence-corrected chi connectivity index (χ2v) is 3.78. The number of nitrogens with one attached hydrogen (secondary N) is 2. The van der Waals surface area contributed by atoms with E-state index in [0.717, 1.165) is 0 Å². The fourth-order valence-corrected chi connectivity index (χ4v) is 1.10. The summed E-state index contributed by atoms with van der Waals surface area (Å²) in [6.45, 7) is 3.85. The Labute approximate surface area is 101 Å². The minimum atomic E-state index is -0.605. The van der Waals surface area contributed by atoms with Gasteiger partial charge in [-0.2, -0.15) is 0 Å². The third-order valence-corrected chi connectivity index (χ3v) is 2.08. The Hall–Kier alpha value is -1.43. The van der Waals surface area contributed by atoms with Crippen LogP contribution < -0.4 is 10.6 Å². The molecule has 0 heterocycles. The number of ketones is 1. The highest BCUT2D eigenvalue weighted by Crippen LogP contribution is 1.92. The van der Waals surface area contributed by atoms with E-state index in [2.05, 4.69) is 10.6 Å². The van der Waals surface area contributed by atoms with E-state index < -0.39 is 6.04 Å². The Morgan fingerprint density at radius 1 is 1.24 bits per heavy atom. The van der Waals surface area contributed by atoms with Gasteiger partial charge in [-0.3, -0.25) is 9.59 Å². The minimum Gasteiger partial charge on any atom is -0.383 e. The Morgan fingerprint density at radius 3 is 2.41 bits per heavy atom. The molecule has 2 amide bonds. The molecule has 0 rings (SSSR count). The van der Waals surface area contributed by atoms with Crippen LogP contribution in [0.4, 0.5) is 0 Å². The van der Waals surface area contributed by atoms with Crippen molar-refractivity contribution in [1.82, 2.24) is 10.6 Å². The second-order valence-electron chi connectivity index (χ2n) is 3.78. The van der Waals surface area contributed by atoms with Crippen molar-refractivity contribution in [3.8, 4) is 0 Å². The molecule has 0 aromatic carbocycles. The Kier molecular flexibility index (Phi) is 7.96. The van der Waals surface area contributed by atoms with Crippen LogP contribution in [0.3, 0.4) is 0 Å². The van der Waals surface area contributed by atoms with E-state index in [1.54, 1.807) is 14.0 Å². The molecule has 2 N–H and O–H groups in total. The zero-order valence-electron chi connectivity index (χ0n) is 10.5. The van der Waals surface area contributed by atoms with Crippen LogP contribution in [0.2, 0.25) is 0 Å². The Balaban J connectivity index is 3.82. The van der Waals surface area contributed by atoms with E-state index in [1.807, 2.05) is 0 Å². The Morgan fingerprint density at radius 2 is 1.88 bits per heavy atom. The first-order chi connectivity index (χ1) is 7.97. The molecule has 0 saturated carbocycles. The van der Waals surface area contributed by atoms with E-state index >= 15 is 0 Å². The van der Waals surface area contributed by atoms with Crippen LogP contribution in [0.5, 0.6) is 0 Å².